The van der Waals surface area contributed by atoms with Crippen LogP contribution in [-0.2, 0) is 6.42 Å². The van der Waals surface area contributed by atoms with Gasteiger partial charge in [-0.15, -0.1) is 11.3 Å². The monoisotopic (exact) mass is 415 g/mol. The molecule has 1 atom stereocenters. The summed E-state index contributed by atoms with van der Waals surface area (Å²) in [6.07, 6.45) is 3.51. The first-order chi connectivity index (χ1) is 14.1. The lowest BCUT2D eigenvalue weighted by Crippen LogP contribution is -2.43. The zero-order chi connectivity index (χ0) is 20.6. The van der Waals surface area contributed by atoms with Crippen LogP contribution in [0.4, 0.5) is 0 Å². The maximum absolute atomic E-state index is 5.32. The van der Waals surface area contributed by atoms with Crippen LogP contribution in [0.15, 0.2) is 29.3 Å². The fraction of sp³-hybridized carbons (Fsp3) is 0.545. The second-order valence-corrected chi connectivity index (χ2v) is 8.69. The van der Waals surface area contributed by atoms with Crippen LogP contribution < -0.4 is 15.4 Å². The number of benzene rings is 1. The van der Waals surface area contributed by atoms with E-state index in [1.54, 1.807) is 18.4 Å². The summed E-state index contributed by atoms with van der Waals surface area (Å²) >= 11 is 1.78. The van der Waals surface area contributed by atoms with Crippen molar-refractivity contribution in [2.24, 2.45) is 4.99 Å². The lowest BCUT2D eigenvalue weighted by atomic mass is 10.1. The normalized spacial score (nSPS) is 16.1. The molecule has 6 nitrogen and oxygen atoms in total. The van der Waals surface area contributed by atoms with Crippen molar-refractivity contribution in [3.8, 4) is 5.75 Å². The number of nitrogens with one attached hydrogen (secondary N) is 2. The lowest BCUT2D eigenvalue weighted by molar-refractivity contribution is 0.245. The molecule has 0 bridgehead atoms. The van der Waals surface area contributed by atoms with Gasteiger partial charge < -0.3 is 15.4 Å². The Morgan fingerprint density at radius 1 is 1.21 bits per heavy atom. The van der Waals surface area contributed by atoms with E-state index in [0.717, 1.165) is 55.0 Å². The van der Waals surface area contributed by atoms with Crippen LogP contribution in [0.3, 0.4) is 0 Å². The molecule has 7 heteroatoms. The first-order valence-corrected chi connectivity index (χ1v) is 11.2. The Bertz CT molecular complexity index is 796. The SMILES string of the molecule is CN=C(NCCc1sc(C)nc1C)NCC(c1ccc(OC)cc1)N1CCCC1. The molecule has 1 aromatic heterocycles. The standard InChI is InChI=1S/C22H33N5OS/c1-16-21(29-17(2)26-16)11-12-24-22(23-3)25-15-20(27-13-5-6-14-27)18-7-9-19(28-4)10-8-18/h7-10,20H,5-6,11-15H2,1-4H3,(H2,23,24,25). The zero-order valence-corrected chi connectivity index (χ0v) is 18.8. The molecule has 1 aliphatic rings. The highest BCUT2D eigenvalue weighted by Gasteiger charge is 2.23. The van der Waals surface area contributed by atoms with Crippen molar-refractivity contribution in [3.63, 3.8) is 0 Å². The fourth-order valence-corrected chi connectivity index (χ4v) is 4.79. The number of methoxy groups -OCH3 is 1. The second kappa shape index (κ2) is 10.6. The Labute approximate surface area is 178 Å². The van der Waals surface area contributed by atoms with E-state index in [9.17, 15) is 0 Å². The Morgan fingerprint density at radius 2 is 1.93 bits per heavy atom. The lowest BCUT2D eigenvalue weighted by Gasteiger charge is -2.29. The zero-order valence-electron chi connectivity index (χ0n) is 18.0. The highest BCUT2D eigenvalue weighted by Crippen LogP contribution is 2.26. The minimum atomic E-state index is 0.327. The summed E-state index contributed by atoms with van der Waals surface area (Å²) in [5, 5.41) is 8.11. The molecule has 29 heavy (non-hydrogen) atoms. The van der Waals surface area contributed by atoms with Gasteiger partial charge in [-0.25, -0.2) is 4.98 Å². The van der Waals surface area contributed by atoms with Crippen molar-refractivity contribution in [1.82, 2.24) is 20.5 Å². The molecule has 0 aliphatic carbocycles. The quantitative estimate of drug-likeness (QED) is 0.512. The molecule has 1 aromatic carbocycles. The second-order valence-electron chi connectivity index (χ2n) is 7.40. The average molecular weight is 416 g/mol. The van der Waals surface area contributed by atoms with E-state index < -0.39 is 0 Å². The molecule has 1 aliphatic heterocycles. The van der Waals surface area contributed by atoms with E-state index in [1.807, 2.05) is 19.2 Å². The predicted octanol–water partition coefficient (Wildman–Crippen LogP) is 3.31. The van der Waals surface area contributed by atoms with Gasteiger partial charge in [-0.1, -0.05) is 12.1 Å². The van der Waals surface area contributed by atoms with E-state index in [-0.39, 0.29) is 0 Å². The molecule has 0 amide bonds. The number of likely N-dealkylation sites (tertiary alicyclic amines) is 1. The summed E-state index contributed by atoms with van der Waals surface area (Å²) in [5.41, 5.74) is 2.46. The summed E-state index contributed by atoms with van der Waals surface area (Å²) < 4.78 is 5.32. The van der Waals surface area contributed by atoms with Crippen LogP contribution in [0.1, 0.15) is 40.0 Å². The Kier molecular flexibility index (Phi) is 7.89. The van der Waals surface area contributed by atoms with Gasteiger partial charge >= 0.3 is 0 Å². The van der Waals surface area contributed by atoms with Crippen molar-refractivity contribution in [3.05, 3.63) is 45.4 Å². The molecular formula is C22H33N5OS. The van der Waals surface area contributed by atoms with Gasteiger partial charge in [0.05, 0.1) is 23.9 Å². The Balaban J connectivity index is 1.57. The van der Waals surface area contributed by atoms with Gasteiger partial charge in [0.1, 0.15) is 5.75 Å². The molecule has 1 saturated heterocycles. The number of aryl methyl sites for hydroxylation is 2. The van der Waals surface area contributed by atoms with Gasteiger partial charge in [0, 0.05) is 31.4 Å². The van der Waals surface area contributed by atoms with Crippen molar-refractivity contribution in [2.75, 3.05) is 40.3 Å². The first kappa shape index (κ1) is 21.6. The summed E-state index contributed by atoms with van der Waals surface area (Å²) in [5.74, 6) is 1.74. The molecule has 0 spiro atoms. The van der Waals surface area contributed by atoms with Gasteiger partial charge in [0.15, 0.2) is 5.96 Å². The largest absolute Gasteiger partial charge is 0.497 e. The van der Waals surface area contributed by atoms with Gasteiger partial charge in [-0.2, -0.15) is 0 Å². The van der Waals surface area contributed by atoms with E-state index in [1.165, 1.54) is 23.3 Å². The molecule has 158 valence electrons. The third-order valence-corrected chi connectivity index (χ3v) is 6.55. The summed E-state index contributed by atoms with van der Waals surface area (Å²) in [7, 11) is 3.54. The molecular weight excluding hydrogens is 382 g/mol. The first-order valence-electron chi connectivity index (χ1n) is 10.4. The average Bonchev–Trinajstić information content (AvgIpc) is 3.37. The molecule has 1 unspecified atom stereocenters. The van der Waals surface area contributed by atoms with Crippen LogP contribution in [0.2, 0.25) is 0 Å². The molecule has 3 rings (SSSR count). The highest BCUT2D eigenvalue weighted by atomic mass is 32.1. The number of thiazole rings is 1. The van der Waals surface area contributed by atoms with Gasteiger partial charge in [0.25, 0.3) is 0 Å². The molecule has 0 saturated carbocycles. The Hall–Kier alpha value is -2.12. The van der Waals surface area contributed by atoms with Gasteiger partial charge in [0.2, 0.25) is 0 Å². The van der Waals surface area contributed by atoms with Crippen molar-refractivity contribution in [2.45, 2.75) is 39.2 Å². The van der Waals surface area contributed by atoms with E-state index in [2.05, 4.69) is 51.5 Å². The van der Waals surface area contributed by atoms with Crippen LogP contribution in [0.5, 0.6) is 5.75 Å². The fourth-order valence-electron chi connectivity index (χ4n) is 3.85. The maximum atomic E-state index is 5.32. The maximum Gasteiger partial charge on any atom is 0.191 e. The van der Waals surface area contributed by atoms with E-state index in [0.29, 0.717) is 6.04 Å². The number of rotatable bonds is 8. The molecule has 2 aromatic rings. The highest BCUT2D eigenvalue weighted by molar-refractivity contribution is 7.11. The topological polar surface area (TPSA) is 61.8 Å². The molecule has 1 fully saturated rings. The third kappa shape index (κ3) is 5.93. The third-order valence-electron chi connectivity index (χ3n) is 5.41. The molecule has 2 heterocycles. The number of guanidine groups is 1. The summed E-state index contributed by atoms with van der Waals surface area (Å²) in [6, 6.07) is 8.77. The molecule has 0 radical (unpaired) electrons. The van der Waals surface area contributed by atoms with Crippen molar-refractivity contribution in [1.29, 1.82) is 0 Å². The van der Waals surface area contributed by atoms with Gasteiger partial charge in [-0.3, -0.25) is 9.89 Å². The number of hydrogen-bond donors (Lipinski definition) is 2. The summed E-state index contributed by atoms with van der Waals surface area (Å²) in [6.45, 7) is 8.11. The van der Waals surface area contributed by atoms with E-state index >= 15 is 0 Å². The van der Waals surface area contributed by atoms with Crippen LogP contribution >= 0.6 is 11.3 Å². The summed E-state index contributed by atoms with van der Waals surface area (Å²) in [4.78, 5) is 12.8. The predicted molar refractivity (Wildman–Crippen MR) is 121 cm³/mol. The van der Waals surface area contributed by atoms with Crippen molar-refractivity contribution >= 4 is 17.3 Å². The van der Waals surface area contributed by atoms with Gasteiger partial charge in [-0.05, 0) is 57.5 Å². The minimum Gasteiger partial charge on any atom is -0.497 e. The number of aromatic nitrogens is 1. The van der Waals surface area contributed by atoms with Crippen LogP contribution in [0, 0.1) is 13.8 Å². The van der Waals surface area contributed by atoms with Crippen LogP contribution in [-0.4, -0.2) is 56.2 Å². The van der Waals surface area contributed by atoms with Crippen molar-refractivity contribution < 1.29 is 4.74 Å². The Morgan fingerprint density at radius 3 is 2.52 bits per heavy atom. The van der Waals surface area contributed by atoms with E-state index in [4.69, 9.17) is 4.74 Å². The number of nitrogens with zero attached hydrogens (tertiary/aromatic N) is 3. The molecule has 2 N–H and O–H groups in total. The number of ether oxygens (including phenoxy) is 1. The smallest absolute Gasteiger partial charge is 0.191 e. The minimum absolute atomic E-state index is 0.327. The van der Waals surface area contributed by atoms with Crippen LogP contribution in [0.25, 0.3) is 0 Å². The number of aliphatic imine (C=N–C) groups is 1. The number of hydrogen-bond acceptors (Lipinski definition) is 5.